The molecular weight excluding hydrogens is 1080 g/mol. The van der Waals surface area contributed by atoms with E-state index >= 15 is 13.2 Å². The van der Waals surface area contributed by atoms with E-state index in [0.29, 0.717) is 24.3 Å². The number of ether oxygens (including phenoxy) is 5. The fraction of sp³-hybridized carbons (Fsp3) is 0.814. The minimum Gasteiger partial charge on any atom is -0.508 e. The molecule has 0 heterocycles. The molecule has 2 N–H and O–H groups in total. The van der Waals surface area contributed by atoms with Crippen molar-refractivity contribution < 1.29 is 140 Å². The number of fused-ring (bicyclic) bond motifs is 2. The number of alkyl halides is 22. The Kier molecular flexibility index (Phi) is 27.7. The first-order valence-corrected chi connectivity index (χ1v) is 18.2. The lowest BCUT2D eigenvalue weighted by molar-refractivity contribution is -0.574. The molecule has 1 aromatic rings. The van der Waals surface area contributed by atoms with Crippen LogP contribution in [0.3, 0.4) is 0 Å². The Balaban J connectivity index is -0.00000144. The van der Waals surface area contributed by atoms with E-state index in [-0.39, 0.29) is 66.3 Å². The van der Waals surface area contributed by atoms with Crippen LogP contribution in [0.1, 0.15) is 125 Å². The van der Waals surface area contributed by atoms with Crippen molar-refractivity contribution in [1.29, 1.82) is 0 Å². The van der Waals surface area contributed by atoms with E-state index in [1.165, 1.54) is 4.74 Å². The van der Waals surface area contributed by atoms with E-state index in [1.54, 1.807) is 4.74 Å². The van der Waals surface area contributed by atoms with Crippen LogP contribution in [0.4, 0.5) is 96.6 Å². The SMILES string of the molecule is C.C.C.C.C.C.C.C.CC(C(=O)OC(F)(F)OC(F)(F)C(F)(F)OC(F)(F)C(F)(F)OC(F)(F)F)C(c1ccc(O)cc1)C(C(=O)OC(C)(C)C)(C1C2CC(CC(O)(C(F)(F)F)C(F)(F)F)C(C2)C1C)C(F)(F)F. The van der Waals surface area contributed by atoms with Gasteiger partial charge in [-0.05, 0) is 87.3 Å². The number of phenolic OH excluding ortho intramolecular Hbond substituents is 1. The van der Waals surface area contributed by atoms with Crippen molar-refractivity contribution in [3.63, 3.8) is 0 Å². The first-order chi connectivity index (χ1) is 29.0. The van der Waals surface area contributed by atoms with Crippen LogP contribution in [-0.2, 0) is 33.3 Å². The number of benzene rings is 1. The number of carbonyl (C=O) groups excluding carboxylic acids is 2. The molecule has 0 spiro atoms. The molecule has 0 amide bonds. The van der Waals surface area contributed by atoms with E-state index < -0.39 is 156 Å². The Morgan fingerprint density at radius 2 is 0.986 bits per heavy atom. The first-order valence-electron chi connectivity index (χ1n) is 18.2. The van der Waals surface area contributed by atoms with Gasteiger partial charge >= 0.3 is 67.6 Å². The summed E-state index contributed by atoms with van der Waals surface area (Å²) in [6, 6.07) is 2.07. The van der Waals surface area contributed by atoms with Gasteiger partial charge in [-0.15, -0.1) is 22.0 Å². The molecular formula is C43H66F22O9. The lowest BCUT2D eigenvalue weighted by atomic mass is 9.53. The van der Waals surface area contributed by atoms with Crippen LogP contribution in [0, 0.1) is 40.9 Å². The van der Waals surface area contributed by atoms with Crippen molar-refractivity contribution in [2.45, 2.75) is 186 Å². The van der Waals surface area contributed by atoms with E-state index in [1.807, 2.05) is 0 Å². The van der Waals surface area contributed by atoms with E-state index in [9.17, 15) is 103 Å². The van der Waals surface area contributed by atoms with E-state index in [0.717, 1.165) is 27.7 Å². The maximum absolute atomic E-state index is 16.3. The molecule has 0 saturated heterocycles. The van der Waals surface area contributed by atoms with Crippen LogP contribution >= 0.6 is 0 Å². The van der Waals surface area contributed by atoms with E-state index in [4.69, 9.17) is 4.74 Å². The second-order valence-corrected chi connectivity index (χ2v) is 16.5. The molecule has 9 nitrogen and oxygen atoms in total. The maximum atomic E-state index is 16.3. The molecule has 2 fully saturated rings. The number of phenols is 1. The number of aliphatic hydroxyl groups is 1. The number of esters is 2. The summed E-state index contributed by atoms with van der Waals surface area (Å²) in [6.45, 7) is 3.82. The molecule has 2 bridgehead atoms. The predicted molar refractivity (Wildman–Crippen MR) is 222 cm³/mol. The zero-order chi connectivity index (χ0) is 51.8. The van der Waals surface area contributed by atoms with Gasteiger partial charge < -0.3 is 19.7 Å². The minimum absolute atomic E-state index is 0. The highest BCUT2D eigenvalue weighted by Crippen LogP contribution is 2.70. The Morgan fingerprint density at radius 1 is 0.595 bits per heavy atom. The molecule has 8 unspecified atom stereocenters. The van der Waals surface area contributed by atoms with Crippen molar-refractivity contribution >= 4 is 11.9 Å². The maximum Gasteiger partial charge on any atom is 0.542 e. The fourth-order valence-electron chi connectivity index (χ4n) is 8.63. The third-order valence-electron chi connectivity index (χ3n) is 11.0. The van der Waals surface area contributed by atoms with Crippen LogP contribution in [0.2, 0.25) is 0 Å². The summed E-state index contributed by atoms with van der Waals surface area (Å²) in [5, 5.41) is 19.8. The van der Waals surface area contributed by atoms with Gasteiger partial charge in [0.15, 0.2) is 5.41 Å². The van der Waals surface area contributed by atoms with Crippen molar-refractivity contribution in [2.24, 2.45) is 40.9 Å². The second-order valence-electron chi connectivity index (χ2n) is 16.5. The van der Waals surface area contributed by atoms with Crippen molar-refractivity contribution in [1.82, 2.24) is 0 Å². The molecule has 1 aromatic carbocycles. The predicted octanol–water partition coefficient (Wildman–Crippen LogP) is 16.3. The van der Waals surface area contributed by atoms with Gasteiger partial charge in [0.2, 0.25) is 0 Å². The molecule has 31 heteroatoms. The lowest BCUT2D eigenvalue weighted by Gasteiger charge is -2.51. The number of aromatic hydroxyl groups is 1. The van der Waals surface area contributed by atoms with Gasteiger partial charge in [-0.2, -0.15) is 74.6 Å². The Morgan fingerprint density at radius 3 is 1.34 bits per heavy atom. The van der Waals surface area contributed by atoms with Crippen LogP contribution in [0.25, 0.3) is 0 Å². The fourth-order valence-corrected chi connectivity index (χ4v) is 8.63. The summed E-state index contributed by atoms with van der Waals surface area (Å²) in [5.74, 6) is -22.3. The summed E-state index contributed by atoms with van der Waals surface area (Å²) in [7, 11) is 0. The van der Waals surface area contributed by atoms with Gasteiger partial charge in [-0.25, -0.2) is 14.2 Å². The third-order valence-corrected chi connectivity index (χ3v) is 11.0. The average Bonchev–Trinajstić information content (AvgIpc) is 3.60. The molecule has 2 saturated carbocycles. The largest absolute Gasteiger partial charge is 0.542 e. The smallest absolute Gasteiger partial charge is 0.508 e. The third kappa shape index (κ3) is 16.2. The lowest BCUT2D eigenvalue weighted by Crippen LogP contribution is -2.62. The summed E-state index contributed by atoms with van der Waals surface area (Å²) in [4.78, 5) is 27.7. The minimum atomic E-state index is -7.58. The van der Waals surface area contributed by atoms with E-state index in [2.05, 4.69) is 9.47 Å². The number of halogens is 22. The second kappa shape index (κ2) is 25.2. The Labute approximate surface area is 414 Å². The van der Waals surface area contributed by atoms with Gasteiger partial charge in [0.05, 0.1) is 5.92 Å². The summed E-state index contributed by atoms with van der Waals surface area (Å²) < 4.78 is 321. The van der Waals surface area contributed by atoms with Crippen LogP contribution in [-0.4, -0.2) is 89.0 Å². The van der Waals surface area contributed by atoms with Gasteiger partial charge in [-0.3, -0.25) is 9.59 Å². The highest BCUT2D eigenvalue weighted by molar-refractivity contribution is 5.83. The molecule has 74 heavy (non-hydrogen) atoms. The molecule has 2 aliphatic rings. The number of carbonyl (C=O) groups is 2. The number of hydrogen-bond donors (Lipinski definition) is 2. The Hall–Kier alpha value is -3.74. The molecule has 8 atom stereocenters. The zero-order valence-corrected chi connectivity index (χ0v) is 33.5. The standard InChI is InChI=1S/C35H34F22O9.8CH4/c1-13-19-11-16(10-17(19)12-25(61,27(36,37)38)28(39,40)41)20(13)26(29(42,43)44,23(60)63-24(3,4)5)21(15-6-8-18(58)9-7-15)14(2)22(59)62-35(56,57)66-33(51,52)31(47,48)64-30(45,46)32(49,50)65-34(53,54)55;;;;;;;;/h6-9,13-14,16-17,19-21,58,61H,10-12H2,1-5H3;8*1H4. The number of hydrogen-bond acceptors (Lipinski definition) is 9. The van der Waals surface area contributed by atoms with Crippen LogP contribution in [0.15, 0.2) is 24.3 Å². The molecule has 3 rings (SSSR count). The number of rotatable bonds is 16. The Bertz CT molecular complexity index is 1880. The molecule has 0 radical (unpaired) electrons. The normalized spacial score (nSPS) is 21.3. The van der Waals surface area contributed by atoms with Crippen LogP contribution < -0.4 is 0 Å². The highest BCUT2D eigenvalue weighted by atomic mass is 19.4. The molecule has 0 aromatic heterocycles. The van der Waals surface area contributed by atoms with Gasteiger partial charge in [0.1, 0.15) is 11.4 Å². The van der Waals surface area contributed by atoms with Crippen molar-refractivity contribution in [3.05, 3.63) is 29.8 Å². The first kappa shape index (κ1) is 81.6. The monoisotopic (exact) mass is 1140 g/mol. The van der Waals surface area contributed by atoms with Crippen molar-refractivity contribution in [3.8, 4) is 5.75 Å². The quantitative estimate of drug-likeness (QED) is 0.0947. The highest BCUT2D eigenvalue weighted by Gasteiger charge is 2.79. The van der Waals surface area contributed by atoms with Crippen LogP contribution in [0.5, 0.6) is 5.75 Å². The molecule has 2 aliphatic carbocycles. The topological polar surface area (TPSA) is 121 Å². The van der Waals surface area contributed by atoms with Crippen molar-refractivity contribution in [2.75, 3.05) is 0 Å². The summed E-state index contributed by atoms with van der Waals surface area (Å²) >= 11 is 0. The molecule has 0 aliphatic heterocycles. The van der Waals surface area contributed by atoms with Gasteiger partial charge in [0.25, 0.3) is 5.60 Å². The van der Waals surface area contributed by atoms with Gasteiger partial charge in [0, 0.05) is 5.92 Å². The summed E-state index contributed by atoms with van der Waals surface area (Å²) in [5.41, 5.74) is -12.9. The zero-order valence-electron chi connectivity index (χ0n) is 33.5. The van der Waals surface area contributed by atoms with Gasteiger partial charge in [-0.1, -0.05) is 85.4 Å². The average molecular weight is 1140 g/mol. The summed E-state index contributed by atoms with van der Waals surface area (Å²) in [6.07, 6.45) is -66.5. The molecule has 446 valence electrons.